The summed E-state index contributed by atoms with van der Waals surface area (Å²) >= 11 is 0. The maximum absolute atomic E-state index is 11.7. The number of benzene rings is 3. The molecule has 0 radical (unpaired) electrons. The Balaban J connectivity index is 1.85. The van der Waals surface area contributed by atoms with E-state index in [0.29, 0.717) is 23.4 Å². The van der Waals surface area contributed by atoms with Crippen LogP contribution in [0.15, 0.2) is 72.8 Å². The van der Waals surface area contributed by atoms with E-state index in [4.69, 9.17) is 9.72 Å². The van der Waals surface area contributed by atoms with E-state index in [0.717, 1.165) is 16.6 Å². The first-order chi connectivity index (χ1) is 14.1. The van der Waals surface area contributed by atoms with Crippen molar-refractivity contribution in [2.75, 3.05) is 7.11 Å². The van der Waals surface area contributed by atoms with Crippen LogP contribution in [0.5, 0.6) is 0 Å². The van der Waals surface area contributed by atoms with Crippen LogP contribution in [-0.2, 0) is 11.3 Å². The van der Waals surface area contributed by atoms with Gasteiger partial charge in [0.05, 0.1) is 29.3 Å². The minimum atomic E-state index is -0.992. The summed E-state index contributed by atoms with van der Waals surface area (Å²) in [5.41, 5.74) is 4.01. The molecule has 0 unspecified atom stereocenters. The number of methoxy groups -OCH3 is 1. The molecule has 6 nitrogen and oxygen atoms in total. The lowest BCUT2D eigenvalue weighted by molar-refractivity contribution is 0.0600. The van der Waals surface area contributed by atoms with Gasteiger partial charge in [0.15, 0.2) is 0 Å². The molecule has 6 heteroatoms. The molecule has 0 atom stereocenters. The lowest BCUT2D eigenvalue weighted by atomic mass is 10.1. The van der Waals surface area contributed by atoms with E-state index in [1.807, 2.05) is 47.0 Å². The zero-order chi connectivity index (χ0) is 20.4. The van der Waals surface area contributed by atoms with E-state index >= 15 is 0 Å². The number of fused-ring (bicyclic) bond motifs is 1. The molecule has 4 aromatic rings. The predicted octanol–water partition coefficient (Wildman–Crippen LogP) is 4.24. The first-order valence-corrected chi connectivity index (χ1v) is 9.03. The molecule has 4 rings (SSSR count). The Morgan fingerprint density at radius 1 is 0.966 bits per heavy atom. The van der Waals surface area contributed by atoms with Crippen LogP contribution in [0, 0.1) is 0 Å². The standard InChI is InChI=1S/C23H18N2O4/c1-29-23(28)17-9-7-16(8-10-17)21-24-19-13-18(22(26)27)11-12-20(19)25(21)14-15-5-3-2-4-6-15/h2-13H,14H2,1H3,(H,26,27). The summed E-state index contributed by atoms with van der Waals surface area (Å²) in [4.78, 5) is 27.8. The SMILES string of the molecule is COC(=O)c1ccc(-c2nc3cc(C(=O)O)ccc3n2Cc2ccccc2)cc1. The molecule has 0 saturated carbocycles. The van der Waals surface area contributed by atoms with Crippen molar-refractivity contribution in [2.24, 2.45) is 0 Å². The van der Waals surface area contributed by atoms with E-state index in [1.165, 1.54) is 7.11 Å². The number of hydrogen-bond donors (Lipinski definition) is 1. The number of imidazole rings is 1. The van der Waals surface area contributed by atoms with Gasteiger partial charge in [-0.15, -0.1) is 0 Å². The Labute approximate surface area is 167 Å². The molecule has 0 aliphatic rings. The van der Waals surface area contributed by atoms with E-state index in [1.54, 1.807) is 30.3 Å². The lowest BCUT2D eigenvalue weighted by Gasteiger charge is -2.10. The minimum Gasteiger partial charge on any atom is -0.478 e. The first kappa shape index (κ1) is 18.4. The number of carboxylic acids is 1. The second-order valence-corrected chi connectivity index (χ2v) is 6.58. The van der Waals surface area contributed by atoms with Crippen molar-refractivity contribution in [3.05, 3.63) is 89.5 Å². The van der Waals surface area contributed by atoms with E-state index in [-0.39, 0.29) is 5.56 Å². The third-order valence-corrected chi connectivity index (χ3v) is 4.74. The van der Waals surface area contributed by atoms with Crippen molar-refractivity contribution in [3.8, 4) is 11.4 Å². The van der Waals surface area contributed by atoms with E-state index in [2.05, 4.69) is 0 Å². The van der Waals surface area contributed by atoms with Crippen LogP contribution in [0.2, 0.25) is 0 Å². The highest BCUT2D eigenvalue weighted by Crippen LogP contribution is 2.27. The van der Waals surface area contributed by atoms with Crippen molar-refractivity contribution in [2.45, 2.75) is 6.54 Å². The highest BCUT2D eigenvalue weighted by atomic mass is 16.5. The average Bonchev–Trinajstić information content (AvgIpc) is 3.11. The molecule has 0 aliphatic heterocycles. The number of carbonyl (C=O) groups excluding carboxylic acids is 1. The van der Waals surface area contributed by atoms with Crippen LogP contribution in [0.3, 0.4) is 0 Å². The number of nitrogens with zero attached hydrogens (tertiary/aromatic N) is 2. The molecule has 1 N–H and O–H groups in total. The third kappa shape index (κ3) is 3.60. The molecule has 0 spiro atoms. The summed E-state index contributed by atoms with van der Waals surface area (Å²) < 4.78 is 6.80. The van der Waals surface area contributed by atoms with Gasteiger partial charge in [-0.3, -0.25) is 0 Å². The van der Waals surface area contributed by atoms with Crippen molar-refractivity contribution in [3.63, 3.8) is 0 Å². The molecule has 1 aromatic heterocycles. The fraction of sp³-hybridized carbons (Fsp3) is 0.0870. The van der Waals surface area contributed by atoms with Gasteiger partial charge >= 0.3 is 11.9 Å². The lowest BCUT2D eigenvalue weighted by Crippen LogP contribution is -2.03. The molecular formula is C23H18N2O4. The monoisotopic (exact) mass is 386 g/mol. The Hall–Kier alpha value is -3.93. The van der Waals surface area contributed by atoms with Crippen molar-refractivity contribution in [1.29, 1.82) is 0 Å². The molecular weight excluding hydrogens is 368 g/mol. The number of hydrogen-bond acceptors (Lipinski definition) is 4. The summed E-state index contributed by atoms with van der Waals surface area (Å²) in [5, 5.41) is 9.30. The predicted molar refractivity (Wildman–Crippen MR) is 109 cm³/mol. The number of carboxylic acid groups (broad SMARTS) is 1. The molecule has 1 heterocycles. The van der Waals surface area contributed by atoms with E-state index < -0.39 is 11.9 Å². The zero-order valence-electron chi connectivity index (χ0n) is 15.7. The fourth-order valence-corrected chi connectivity index (χ4v) is 3.28. The highest BCUT2D eigenvalue weighted by molar-refractivity contribution is 5.93. The molecule has 3 aromatic carbocycles. The Morgan fingerprint density at radius 2 is 1.66 bits per heavy atom. The van der Waals surface area contributed by atoms with Gasteiger partial charge in [0, 0.05) is 12.1 Å². The molecule has 0 aliphatic carbocycles. The summed E-state index contributed by atoms with van der Waals surface area (Å²) in [6.45, 7) is 0.581. The molecule has 144 valence electrons. The second kappa shape index (κ2) is 7.59. The normalized spacial score (nSPS) is 10.8. The summed E-state index contributed by atoms with van der Waals surface area (Å²) in [7, 11) is 1.34. The van der Waals surface area contributed by atoms with Crippen molar-refractivity contribution >= 4 is 23.0 Å². The van der Waals surface area contributed by atoms with E-state index in [9.17, 15) is 14.7 Å². The van der Waals surface area contributed by atoms with Gasteiger partial charge in [0.1, 0.15) is 5.82 Å². The van der Waals surface area contributed by atoms with Gasteiger partial charge in [0.25, 0.3) is 0 Å². The van der Waals surface area contributed by atoms with Gasteiger partial charge in [-0.1, -0.05) is 42.5 Å². The van der Waals surface area contributed by atoms with Gasteiger partial charge in [-0.05, 0) is 35.9 Å². The first-order valence-electron chi connectivity index (χ1n) is 9.03. The summed E-state index contributed by atoms with van der Waals surface area (Å²) in [6.07, 6.45) is 0. The number of rotatable bonds is 5. The molecule has 0 saturated heterocycles. The number of ether oxygens (including phenoxy) is 1. The highest BCUT2D eigenvalue weighted by Gasteiger charge is 2.16. The number of carbonyl (C=O) groups is 2. The zero-order valence-corrected chi connectivity index (χ0v) is 15.7. The van der Waals surface area contributed by atoms with Gasteiger partial charge < -0.3 is 14.4 Å². The third-order valence-electron chi connectivity index (χ3n) is 4.74. The number of esters is 1. The van der Waals surface area contributed by atoms with Crippen molar-refractivity contribution < 1.29 is 19.4 Å². The summed E-state index contributed by atoms with van der Waals surface area (Å²) in [6, 6.07) is 21.9. The van der Waals surface area contributed by atoms with Crippen LogP contribution in [0.1, 0.15) is 26.3 Å². The Bertz CT molecular complexity index is 1200. The Kier molecular flexibility index (Phi) is 4.83. The van der Waals surface area contributed by atoms with Gasteiger partial charge in [0.2, 0.25) is 0 Å². The number of aromatic carboxylic acids is 1. The largest absolute Gasteiger partial charge is 0.478 e. The van der Waals surface area contributed by atoms with Gasteiger partial charge in [-0.2, -0.15) is 0 Å². The Morgan fingerprint density at radius 3 is 2.31 bits per heavy atom. The average molecular weight is 386 g/mol. The minimum absolute atomic E-state index is 0.189. The van der Waals surface area contributed by atoms with Crippen LogP contribution in [0.25, 0.3) is 22.4 Å². The summed E-state index contributed by atoms with van der Waals surface area (Å²) in [5.74, 6) is -0.697. The van der Waals surface area contributed by atoms with Crippen LogP contribution in [-0.4, -0.2) is 33.7 Å². The molecule has 0 fully saturated rings. The number of aromatic nitrogens is 2. The molecule has 0 bridgehead atoms. The van der Waals surface area contributed by atoms with Gasteiger partial charge in [-0.25, -0.2) is 14.6 Å². The van der Waals surface area contributed by atoms with Crippen LogP contribution >= 0.6 is 0 Å². The molecule has 0 amide bonds. The maximum Gasteiger partial charge on any atom is 0.337 e. The van der Waals surface area contributed by atoms with Crippen LogP contribution in [0.4, 0.5) is 0 Å². The smallest absolute Gasteiger partial charge is 0.337 e. The molecule has 29 heavy (non-hydrogen) atoms. The van der Waals surface area contributed by atoms with Crippen molar-refractivity contribution in [1.82, 2.24) is 9.55 Å². The van der Waals surface area contributed by atoms with Crippen LogP contribution < -0.4 is 0 Å². The topological polar surface area (TPSA) is 81.4 Å². The second-order valence-electron chi connectivity index (χ2n) is 6.58. The fourth-order valence-electron chi connectivity index (χ4n) is 3.28. The quantitative estimate of drug-likeness (QED) is 0.519. The maximum atomic E-state index is 11.7.